The predicted octanol–water partition coefficient (Wildman–Crippen LogP) is 2.61. The molecule has 0 radical (unpaired) electrons. The van der Waals surface area contributed by atoms with Crippen LogP contribution < -0.4 is 10.9 Å². The van der Waals surface area contributed by atoms with Crippen molar-refractivity contribution in [3.8, 4) is 11.3 Å². The first kappa shape index (κ1) is 19.0. The van der Waals surface area contributed by atoms with E-state index in [1.54, 1.807) is 12.3 Å². The minimum atomic E-state index is -0.356. The van der Waals surface area contributed by atoms with Gasteiger partial charge in [-0.3, -0.25) is 9.78 Å². The lowest BCUT2D eigenvalue weighted by Crippen LogP contribution is -2.26. The van der Waals surface area contributed by atoms with Crippen LogP contribution in [-0.2, 0) is 7.05 Å². The number of anilines is 1. The number of hydrogen-bond donors (Lipinski definition) is 2. The Bertz CT molecular complexity index is 976. The first-order valence-corrected chi connectivity index (χ1v) is 9.21. The second-order valence-electron chi connectivity index (χ2n) is 6.47. The van der Waals surface area contributed by atoms with Crippen LogP contribution in [0, 0.1) is 5.82 Å². The van der Waals surface area contributed by atoms with E-state index in [1.165, 1.54) is 12.1 Å². The molecule has 27 heavy (non-hydrogen) atoms. The molecule has 0 bridgehead atoms. The fourth-order valence-corrected chi connectivity index (χ4v) is 3.20. The molecule has 0 amide bonds. The van der Waals surface area contributed by atoms with Crippen LogP contribution in [0.15, 0.2) is 29.2 Å². The van der Waals surface area contributed by atoms with E-state index in [1.807, 2.05) is 11.6 Å². The van der Waals surface area contributed by atoms with Crippen molar-refractivity contribution in [2.45, 2.75) is 20.3 Å². The monoisotopic (exact) mass is 372 g/mol. The van der Waals surface area contributed by atoms with Crippen LogP contribution in [-0.4, -0.2) is 50.8 Å². The number of aromatic amines is 1. The van der Waals surface area contributed by atoms with Crippen LogP contribution in [0.1, 0.15) is 20.3 Å². The summed E-state index contributed by atoms with van der Waals surface area (Å²) in [6, 6.07) is 4.49. The van der Waals surface area contributed by atoms with Gasteiger partial charge in [-0.05, 0) is 44.3 Å². The van der Waals surface area contributed by atoms with Crippen LogP contribution in [0.4, 0.5) is 10.3 Å². The highest BCUT2D eigenvalue weighted by Crippen LogP contribution is 2.27. The number of benzene rings is 1. The molecular weight excluding hydrogens is 347 g/mol. The molecule has 0 unspecified atom stereocenters. The number of rotatable bonds is 8. The van der Waals surface area contributed by atoms with Crippen molar-refractivity contribution < 1.29 is 4.39 Å². The Hall–Kier alpha value is -2.74. The number of nitrogens with zero attached hydrogens (tertiary/aromatic N) is 4. The lowest BCUT2D eigenvalue weighted by Gasteiger charge is -2.17. The van der Waals surface area contributed by atoms with Gasteiger partial charge in [0.15, 0.2) is 5.69 Å². The minimum absolute atomic E-state index is 0.180. The summed E-state index contributed by atoms with van der Waals surface area (Å²) in [4.78, 5) is 17.6. The molecule has 2 heterocycles. The van der Waals surface area contributed by atoms with Crippen molar-refractivity contribution in [1.29, 1.82) is 0 Å². The maximum Gasteiger partial charge on any atom is 0.279 e. The summed E-state index contributed by atoms with van der Waals surface area (Å²) >= 11 is 0. The van der Waals surface area contributed by atoms with Gasteiger partial charge in [0.2, 0.25) is 5.95 Å². The molecule has 2 aromatic heterocycles. The average Bonchev–Trinajstić information content (AvgIpc) is 2.97. The smallest absolute Gasteiger partial charge is 0.279 e. The first-order valence-electron chi connectivity index (χ1n) is 9.21. The molecule has 0 saturated heterocycles. The maximum atomic E-state index is 13.6. The second kappa shape index (κ2) is 8.30. The van der Waals surface area contributed by atoms with Crippen molar-refractivity contribution in [2.24, 2.45) is 7.05 Å². The Kier molecular flexibility index (Phi) is 5.85. The molecule has 144 valence electrons. The van der Waals surface area contributed by atoms with E-state index in [0.717, 1.165) is 31.6 Å². The fraction of sp³-hybridized carbons (Fsp3) is 0.421. The number of aromatic nitrogens is 4. The van der Waals surface area contributed by atoms with Gasteiger partial charge in [0.1, 0.15) is 5.82 Å². The number of fused-ring (bicyclic) bond motifs is 1. The zero-order chi connectivity index (χ0) is 19.4. The van der Waals surface area contributed by atoms with E-state index in [9.17, 15) is 9.18 Å². The van der Waals surface area contributed by atoms with E-state index in [-0.39, 0.29) is 17.1 Å². The Labute approximate surface area is 157 Å². The van der Waals surface area contributed by atoms with Gasteiger partial charge in [-0.15, -0.1) is 10.2 Å². The van der Waals surface area contributed by atoms with Gasteiger partial charge in [0.25, 0.3) is 5.56 Å². The summed E-state index contributed by atoms with van der Waals surface area (Å²) in [5, 5.41) is 11.9. The van der Waals surface area contributed by atoms with E-state index >= 15 is 0 Å². The predicted molar refractivity (Wildman–Crippen MR) is 105 cm³/mol. The van der Waals surface area contributed by atoms with Crippen LogP contribution >= 0.6 is 0 Å². The second-order valence-corrected chi connectivity index (χ2v) is 6.47. The van der Waals surface area contributed by atoms with E-state index in [0.29, 0.717) is 23.4 Å². The normalized spacial score (nSPS) is 11.4. The van der Waals surface area contributed by atoms with Crippen LogP contribution in [0.25, 0.3) is 22.2 Å². The topological polar surface area (TPSA) is 78.8 Å². The van der Waals surface area contributed by atoms with E-state index in [4.69, 9.17) is 0 Å². The van der Waals surface area contributed by atoms with Crippen molar-refractivity contribution in [2.75, 3.05) is 31.5 Å². The van der Waals surface area contributed by atoms with Crippen LogP contribution in [0.3, 0.4) is 0 Å². The summed E-state index contributed by atoms with van der Waals surface area (Å²) in [6.45, 7) is 7.99. The van der Waals surface area contributed by atoms with E-state index in [2.05, 4.69) is 39.2 Å². The molecule has 3 rings (SSSR count). The average molecular weight is 372 g/mol. The third kappa shape index (κ3) is 4.16. The van der Waals surface area contributed by atoms with Crippen LogP contribution in [0.5, 0.6) is 0 Å². The van der Waals surface area contributed by atoms with Gasteiger partial charge in [0.05, 0.1) is 0 Å². The molecule has 1 aromatic carbocycles. The summed E-state index contributed by atoms with van der Waals surface area (Å²) in [5.74, 6) is -0.0134. The van der Waals surface area contributed by atoms with Gasteiger partial charge < -0.3 is 14.8 Å². The van der Waals surface area contributed by atoms with Gasteiger partial charge in [-0.1, -0.05) is 13.8 Å². The fourth-order valence-electron chi connectivity index (χ4n) is 3.20. The SMILES string of the molecule is CCN(CC)CCCNc1nnc(-c2cn(C)c3ccc(F)cc23)c(=O)[nH]1. The molecular formula is C19H25FN6O. The highest BCUT2D eigenvalue weighted by molar-refractivity contribution is 5.94. The zero-order valence-corrected chi connectivity index (χ0v) is 15.9. The van der Waals surface area contributed by atoms with Gasteiger partial charge in [0, 0.05) is 36.3 Å². The zero-order valence-electron chi connectivity index (χ0n) is 15.9. The molecule has 0 saturated carbocycles. The Morgan fingerprint density at radius 2 is 2.04 bits per heavy atom. The van der Waals surface area contributed by atoms with Crippen LogP contribution in [0.2, 0.25) is 0 Å². The summed E-state index contributed by atoms with van der Waals surface area (Å²) < 4.78 is 15.5. The van der Waals surface area contributed by atoms with Gasteiger partial charge in [-0.2, -0.15) is 0 Å². The number of aryl methyl sites for hydroxylation is 1. The van der Waals surface area contributed by atoms with Crippen molar-refractivity contribution >= 4 is 16.9 Å². The third-order valence-electron chi connectivity index (χ3n) is 4.74. The molecule has 0 atom stereocenters. The Morgan fingerprint density at radius 3 is 2.74 bits per heavy atom. The highest BCUT2D eigenvalue weighted by Gasteiger charge is 2.15. The number of hydrogen-bond acceptors (Lipinski definition) is 5. The number of nitrogens with one attached hydrogen (secondary N) is 2. The molecule has 0 aliphatic carbocycles. The first-order chi connectivity index (χ1) is 13.0. The standard InChI is InChI=1S/C19H25FN6O/c1-4-26(5-2)10-6-9-21-19-22-18(27)17(23-24-19)15-12-25(3)16-8-7-13(20)11-14(15)16/h7-8,11-12H,4-6,9-10H2,1-3H3,(H2,21,22,24,27). The molecule has 0 fully saturated rings. The Balaban J connectivity index is 1.76. The highest BCUT2D eigenvalue weighted by atomic mass is 19.1. The number of H-pyrrole nitrogens is 1. The molecule has 0 aliphatic rings. The van der Waals surface area contributed by atoms with Crippen molar-refractivity contribution in [3.05, 3.63) is 40.6 Å². The Morgan fingerprint density at radius 1 is 1.26 bits per heavy atom. The largest absolute Gasteiger partial charge is 0.354 e. The molecule has 7 nitrogen and oxygen atoms in total. The number of halogens is 1. The third-order valence-corrected chi connectivity index (χ3v) is 4.74. The summed E-state index contributed by atoms with van der Waals surface area (Å²) in [6.07, 6.45) is 2.70. The quantitative estimate of drug-likeness (QED) is 0.594. The van der Waals surface area contributed by atoms with Gasteiger partial charge >= 0.3 is 0 Å². The molecule has 0 aliphatic heterocycles. The summed E-state index contributed by atoms with van der Waals surface area (Å²) in [7, 11) is 1.84. The summed E-state index contributed by atoms with van der Waals surface area (Å²) in [5.41, 5.74) is 1.22. The molecule has 0 spiro atoms. The minimum Gasteiger partial charge on any atom is -0.354 e. The molecule has 8 heteroatoms. The lowest BCUT2D eigenvalue weighted by atomic mass is 10.1. The van der Waals surface area contributed by atoms with Crippen molar-refractivity contribution in [3.63, 3.8) is 0 Å². The lowest BCUT2D eigenvalue weighted by molar-refractivity contribution is 0.303. The van der Waals surface area contributed by atoms with Gasteiger partial charge in [-0.25, -0.2) is 4.39 Å². The van der Waals surface area contributed by atoms with Crippen molar-refractivity contribution in [1.82, 2.24) is 24.6 Å². The van der Waals surface area contributed by atoms with E-state index < -0.39 is 0 Å². The maximum absolute atomic E-state index is 13.6. The molecule has 2 N–H and O–H groups in total. The molecule has 3 aromatic rings.